The summed E-state index contributed by atoms with van der Waals surface area (Å²) < 4.78 is 52.6. The average molecular weight is 297 g/mol. The van der Waals surface area contributed by atoms with E-state index in [1.165, 1.54) is 30.3 Å². The Morgan fingerprint density at radius 1 is 1.00 bits per heavy atom. The predicted octanol–water partition coefficient (Wildman–Crippen LogP) is 4.46. The van der Waals surface area contributed by atoms with Gasteiger partial charge in [0, 0.05) is 0 Å². The molecule has 0 spiro atoms. The van der Waals surface area contributed by atoms with E-state index < -0.39 is 23.6 Å². The molecular formula is C16H15F4N. The van der Waals surface area contributed by atoms with Crippen LogP contribution in [0.15, 0.2) is 42.5 Å². The highest BCUT2D eigenvalue weighted by molar-refractivity contribution is 5.41. The SMILES string of the molecule is CNC(c1ccc(F)cc1C)c1ccccc1C(F)(F)F. The van der Waals surface area contributed by atoms with E-state index in [0.717, 1.165) is 6.07 Å². The first-order chi connectivity index (χ1) is 9.84. The molecule has 21 heavy (non-hydrogen) atoms. The lowest BCUT2D eigenvalue weighted by molar-refractivity contribution is -0.138. The summed E-state index contributed by atoms with van der Waals surface area (Å²) in [6.45, 7) is 1.68. The van der Waals surface area contributed by atoms with E-state index >= 15 is 0 Å². The molecule has 1 unspecified atom stereocenters. The van der Waals surface area contributed by atoms with Gasteiger partial charge in [-0.05, 0) is 48.9 Å². The Labute approximate surface area is 120 Å². The van der Waals surface area contributed by atoms with Gasteiger partial charge in [0.25, 0.3) is 0 Å². The Morgan fingerprint density at radius 2 is 1.67 bits per heavy atom. The molecule has 0 aliphatic rings. The highest BCUT2D eigenvalue weighted by Crippen LogP contribution is 2.37. The summed E-state index contributed by atoms with van der Waals surface area (Å²) in [5.41, 5.74) is 0.664. The predicted molar refractivity (Wildman–Crippen MR) is 73.5 cm³/mol. The lowest BCUT2D eigenvalue weighted by Crippen LogP contribution is -2.22. The zero-order valence-corrected chi connectivity index (χ0v) is 11.6. The minimum atomic E-state index is -4.43. The van der Waals surface area contributed by atoms with Gasteiger partial charge >= 0.3 is 6.18 Å². The molecule has 0 heterocycles. The smallest absolute Gasteiger partial charge is 0.309 e. The van der Waals surface area contributed by atoms with Crippen molar-refractivity contribution in [3.63, 3.8) is 0 Å². The van der Waals surface area contributed by atoms with Gasteiger partial charge in [0.15, 0.2) is 0 Å². The van der Waals surface area contributed by atoms with E-state index in [-0.39, 0.29) is 5.56 Å². The van der Waals surface area contributed by atoms with E-state index in [2.05, 4.69) is 5.32 Å². The first-order valence-electron chi connectivity index (χ1n) is 6.44. The molecule has 0 amide bonds. The number of benzene rings is 2. The molecule has 2 rings (SSSR count). The molecule has 0 bridgehead atoms. The van der Waals surface area contributed by atoms with Crippen LogP contribution >= 0.6 is 0 Å². The number of rotatable bonds is 3. The summed E-state index contributed by atoms with van der Waals surface area (Å²) in [6, 6.07) is 8.84. The fourth-order valence-electron chi connectivity index (χ4n) is 2.45. The normalized spacial score (nSPS) is 13.2. The number of hydrogen-bond acceptors (Lipinski definition) is 1. The van der Waals surface area contributed by atoms with Crippen molar-refractivity contribution in [3.05, 3.63) is 70.5 Å². The van der Waals surface area contributed by atoms with Crippen molar-refractivity contribution >= 4 is 0 Å². The molecule has 2 aromatic rings. The Hall–Kier alpha value is -1.88. The Kier molecular flexibility index (Phi) is 4.32. The van der Waals surface area contributed by atoms with Crippen molar-refractivity contribution < 1.29 is 17.6 Å². The highest BCUT2D eigenvalue weighted by Gasteiger charge is 2.35. The topological polar surface area (TPSA) is 12.0 Å². The molecule has 0 aromatic heterocycles. The molecule has 0 saturated heterocycles. The summed E-state index contributed by atoms with van der Waals surface area (Å²) in [5, 5.41) is 2.88. The van der Waals surface area contributed by atoms with Crippen LogP contribution in [0.25, 0.3) is 0 Å². The number of nitrogens with one attached hydrogen (secondary N) is 1. The summed E-state index contributed by atoms with van der Waals surface area (Å²) >= 11 is 0. The van der Waals surface area contributed by atoms with Gasteiger partial charge in [-0.1, -0.05) is 24.3 Å². The number of aryl methyl sites for hydroxylation is 1. The maximum absolute atomic E-state index is 13.2. The Bertz CT molecular complexity index is 634. The molecule has 2 aromatic carbocycles. The van der Waals surface area contributed by atoms with Crippen LogP contribution in [0.4, 0.5) is 17.6 Å². The average Bonchev–Trinajstić information content (AvgIpc) is 2.41. The molecule has 1 atom stereocenters. The standard InChI is InChI=1S/C16H15F4N/c1-10-9-11(17)7-8-12(10)15(21-2)13-5-3-4-6-14(13)16(18,19)20/h3-9,15,21H,1-2H3. The lowest BCUT2D eigenvalue weighted by Gasteiger charge is -2.23. The van der Waals surface area contributed by atoms with Crippen molar-refractivity contribution in [2.24, 2.45) is 0 Å². The van der Waals surface area contributed by atoms with E-state index in [9.17, 15) is 17.6 Å². The Morgan fingerprint density at radius 3 is 2.24 bits per heavy atom. The van der Waals surface area contributed by atoms with Crippen LogP contribution < -0.4 is 5.32 Å². The zero-order chi connectivity index (χ0) is 15.6. The molecule has 5 heteroatoms. The minimum Gasteiger partial charge on any atom is -0.309 e. The molecule has 0 aliphatic heterocycles. The minimum absolute atomic E-state index is 0.127. The second-order valence-electron chi connectivity index (χ2n) is 4.81. The van der Waals surface area contributed by atoms with Crippen LogP contribution in [0.5, 0.6) is 0 Å². The number of hydrogen-bond donors (Lipinski definition) is 1. The van der Waals surface area contributed by atoms with Gasteiger partial charge in [-0.3, -0.25) is 0 Å². The third kappa shape index (κ3) is 3.24. The molecule has 0 radical (unpaired) electrons. The lowest BCUT2D eigenvalue weighted by atomic mass is 9.91. The van der Waals surface area contributed by atoms with Crippen LogP contribution in [0, 0.1) is 12.7 Å². The fraction of sp³-hybridized carbons (Fsp3) is 0.250. The van der Waals surface area contributed by atoms with Gasteiger partial charge in [0.1, 0.15) is 5.82 Å². The largest absolute Gasteiger partial charge is 0.416 e. The van der Waals surface area contributed by atoms with Gasteiger partial charge in [0.05, 0.1) is 11.6 Å². The fourth-order valence-corrected chi connectivity index (χ4v) is 2.45. The van der Waals surface area contributed by atoms with Crippen LogP contribution in [-0.2, 0) is 6.18 Å². The monoisotopic (exact) mass is 297 g/mol. The molecule has 0 fully saturated rings. The summed E-state index contributed by atoms with van der Waals surface area (Å²) in [7, 11) is 1.58. The molecule has 0 aliphatic carbocycles. The number of alkyl halides is 3. The quantitative estimate of drug-likeness (QED) is 0.825. The highest BCUT2D eigenvalue weighted by atomic mass is 19.4. The molecule has 1 N–H and O–H groups in total. The molecule has 0 saturated carbocycles. The second kappa shape index (κ2) is 5.85. The van der Waals surface area contributed by atoms with Crippen LogP contribution in [0.1, 0.15) is 28.3 Å². The van der Waals surface area contributed by atoms with E-state index in [1.54, 1.807) is 20.0 Å². The van der Waals surface area contributed by atoms with Gasteiger partial charge in [-0.25, -0.2) is 4.39 Å². The first-order valence-corrected chi connectivity index (χ1v) is 6.44. The maximum atomic E-state index is 13.2. The van der Waals surface area contributed by atoms with E-state index in [0.29, 0.717) is 11.1 Å². The van der Waals surface area contributed by atoms with Crippen LogP contribution in [0.3, 0.4) is 0 Å². The summed E-state index contributed by atoms with van der Waals surface area (Å²) in [6.07, 6.45) is -4.43. The molecule has 112 valence electrons. The Balaban J connectivity index is 2.57. The van der Waals surface area contributed by atoms with Gasteiger partial charge in [0.2, 0.25) is 0 Å². The molecular weight excluding hydrogens is 282 g/mol. The van der Waals surface area contributed by atoms with Crippen molar-refractivity contribution in [2.45, 2.75) is 19.1 Å². The van der Waals surface area contributed by atoms with Gasteiger partial charge < -0.3 is 5.32 Å². The number of halogens is 4. The van der Waals surface area contributed by atoms with E-state index in [4.69, 9.17) is 0 Å². The van der Waals surface area contributed by atoms with E-state index in [1.807, 2.05) is 0 Å². The zero-order valence-electron chi connectivity index (χ0n) is 11.6. The van der Waals surface area contributed by atoms with Crippen LogP contribution in [0.2, 0.25) is 0 Å². The van der Waals surface area contributed by atoms with Crippen LogP contribution in [-0.4, -0.2) is 7.05 Å². The second-order valence-corrected chi connectivity index (χ2v) is 4.81. The van der Waals surface area contributed by atoms with Crippen molar-refractivity contribution in [1.82, 2.24) is 5.32 Å². The molecule has 1 nitrogen and oxygen atoms in total. The first kappa shape index (κ1) is 15.5. The van der Waals surface area contributed by atoms with Gasteiger partial charge in [-0.15, -0.1) is 0 Å². The van der Waals surface area contributed by atoms with Crippen molar-refractivity contribution in [1.29, 1.82) is 0 Å². The maximum Gasteiger partial charge on any atom is 0.416 e. The third-order valence-corrected chi connectivity index (χ3v) is 3.41. The summed E-state index contributed by atoms with van der Waals surface area (Å²) in [4.78, 5) is 0. The summed E-state index contributed by atoms with van der Waals surface area (Å²) in [5.74, 6) is -0.407. The van der Waals surface area contributed by atoms with Crippen molar-refractivity contribution in [2.75, 3.05) is 7.05 Å². The van der Waals surface area contributed by atoms with Gasteiger partial charge in [-0.2, -0.15) is 13.2 Å². The third-order valence-electron chi connectivity index (χ3n) is 3.41. The van der Waals surface area contributed by atoms with Crippen molar-refractivity contribution in [3.8, 4) is 0 Å².